The van der Waals surface area contributed by atoms with Crippen molar-refractivity contribution in [2.45, 2.75) is 38.6 Å². The zero-order chi connectivity index (χ0) is 15.2. The fourth-order valence-electron chi connectivity index (χ4n) is 2.58. The molecule has 1 fully saturated rings. The molecule has 0 saturated heterocycles. The fourth-order valence-corrected chi connectivity index (χ4v) is 2.58. The maximum Gasteiger partial charge on any atom is 0.227 e. The van der Waals surface area contributed by atoms with Gasteiger partial charge in [-0.25, -0.2) is 0 Å². The van der Waals surface area contributed by atoms with Crippen LogP contribution in [-0.4, -0.2) is 30.5 Å². The number of benzene rings is 1. The van der Waals surface area contributed by atoms with Crippen molar-refractivity contribution >= 4 is 5.91 Å². The summed E-state index contributed by atoms with van der Waals surface area (Å²) in [6.45, 7) is 2.63. The lowest BCUT2D eigenvalue weighted by Crippen LogP contribution is -2.41. The van der Waals surface area contributed by atoms with E-state index >= 15 is 0 Å². The lowest BCUT2D eigenvalue weighted by molar-refractivity contribution is -0.132. The highest BCUT2D eigenvalue weighted by atomic mass is 16.5. The number of carbonyl (C=O) groups excluding carboxylic acids is 1. The van der Waals surface area contributed by atoms with Crippen molar-refractivity contribution in [3.8, 4) is 11.8 Å². The van der Waals surface area contributed by atoms with Gasteiger partial charge in [-0.2, -0.15) is 5.26 Å². The summed E-state index contributed by atoms with van der Waals surface area (Å²) < 4.78 is 5.12. The molecule has 0 unspecified atom stereocenters. The lowest BCUT2D eigenvalue weighted by atomic mass is 10.1. The minimum atomic E-state index is 0.106. The first kappa shape index (κ1) is 15.4. The number of methoxy groups -OCH3 is 1. The number of hydrogen-bond donors (Lipinski definition) is 0. The molecule has 0 radical (unpaired) electrons. The van der Waals surface area contributed by atoms with E-state index in [9.17, 15) is 4.79 Å². The van der Waals surface area contributed by atoms with Crippen molar-refractivity contribution in [3.63, 3.8) is 0 Å². The second-order valence-corrected chi connectivity index (χ2v) is 5.60. The SMILES string of the molecule is COc1ccc(CC(=O)N(CCC#N)[C@H](C)C2CC2)cc1. The standard InChI is InChI=1S/C17H22N2O2/c1-13(15-6-7-15)19(11-3-10-18)17(20)12-14-4-8-16(21-2)9-5-14/h4-5,8-9,13,15H,3,6-7,11-12H2,1-2H3/t13-/m1/s1. The summed E-state index contributed by atoms with van der Waals surface area (Å²) in [6, 6.07) is 9.95. The van der Waals surface area contributed by atoms with Gasteiger partial charge in [0.05, 0.1) is 26.0 Å². The summed E-state index contributed by atoms with van der Waals surface area (Å²) >= 11 is 0. The van der Waals surface area contributed by atoms with Crippen molar-refractivity contribution in [1.82, 2.24) is 4.90 Å². The number of rotatable bonds is 7. The molecule has 1 aliphatic rings. The van der Waals surface area contributed by atoms with E-state index in [1.54, 1.807) is 7.11 Å². The van der Waals surface area contributed by atoms with Gasteiger partial charge in [0.1, 0.15) is 5.75 Å². The Balaban J connectivity index is 2.00. The Morgan fingerprint density at radius 2 is 2.10 bits per heavy atom. The molecule has 21 heavy (non-hydrogen) atoms. The average molecular weight is 286 g/mol. The minimum absolute atomic E-state index is 0.106. The van der Waals surface area contributed by atoms with Crippen molar-refractivity contribution in [2.75, 3.05) is 13.7 Å². The van der Waals surface area contributed by atoms with Crippen LogP contribution in [0.4, 0.5) is 0 Å². The highest BCUT2D eigenvalue weighted by Crippen LogP contribution is 2.35. The van der Waals surface area contributed by atoms with Crippen LogP contribution in [0.1, 0.15) is 31.7 Å². The van der Waals surface area contributed by atoms with E-state index in [1.165, 1.54) is 12.8 Å². The molecule has 1 saturated carbocycles. The van der Waals surface area contributed by atoms with E-state index in [4.69, 9.17) is 10.00 Å². The Kier molecular flexibility index (Phi) is 5.21. The van der Waals surface area contributed by atoms with Gasteiger partial charge in [-0.15, -0.1) is 0 Å². The molecule has 4 heteroatoms. The maximum absolute atomic E-state index is 12.5. The van der Waals surface area contributed by atoms with Crippen molar-refractivity contribution in [2.24, 2.45) is 5.92 Å². The number of amides is 1. The summed E-state index contributed by atoms with van der Waals surface area (Å²) in [7, 11) is 1.63. The Hall–Kier alpha value is -2.02. The summed E-state index contributed by atoms with van der Waals surface area (Å²) in [5.41, 5.74) is 0.978. The molecule has 0 bridgehead atoms. The number of hydrogen-bond acceptors (Lipinski definition) is 3. The highest BCUT2D eigenvalue weighted by Gasteiger charge is 2.33. The monoisotopic (exact) mass is 286 g/mol. The molecule has 0 heterocycles. The molecule has 4 nitrogen and oxygen atoms in total. The van der Waals surface area contributed by atoms with E-state index in [1.807, 2.05) is 29.2 Å². The quantitative estimate of drug-likeness (QED) is 0.774. The molecule has 1 atom stereocenters. The fraction of sp³-hybridized carbons (Fsp3) is 0.529. The molecule has 112 valence electrons. The number of ether oxygens (including phenoxy) is 1. The number of nitrogens with zero attached hydrogens (tertiary/aromatic N) is 2. The van der Waals surface area contributed by atoms with Crippen molar-refractivity contribution in [3.05, 3.63) is 29.8 Å². The van der Waals surface area contributed by atoms with E-state index in [2.05, 4.69) is 13.0 Å². The van der Waals surface area contributed by atoms with Gasteiger partial charge in [0.15, 0.2) is 0 Å². The third-order valence-electron chi connectivity index (χ3n) is 4.10. The first-order valence-corrected chi connectivity index (χ1v) is 7.45. The van der Waals surface area contributed by atoms with Crippen LogP contribution in [0.15, 0.2) is 24.3 Å². The summed E-state index contributed by atoms with van der Waals surface area (Å²) in [5.74, 6) is 1.51. The topological polar surface area (TPSA) is 53.3 Å². The summed E-state index contributed by atoms with van der Waals surface area (Å²) in [6.07, 6.45) is 3.16. The molecule has 0 spiro atoms. The second-order valence-electron chi connectivity index (χ2n) is 5.60. The van der Waals surface area contributed by atoms with E-state index in [0.717, 1.165) is 11.3 Å². The normalized spacial score (nSPS) is 15.1. The zero-order valence-electron chi connectivity index (χ0n) is 12.7. The van der Waals surface area contributed by atoms with Gasteiger partial charge >= 0.3 is 0 Å². The summed E-state index contributed by atoms with van der Waals surface area (Å²) in [4.78, 5) is 14.4. The molecule has 0 aromatic heterocycles. The smallest absolute Gasteiger partial charge is 0.227 e. The molecule has 0 aliphatic heterocycles. The molecule has 1 aromatic carbocycles. The molecular weight excluding hydrogens is 264 g/mol. The van der Waals surface area contributed by atoms with Gasteiger partial charge in [0.2, 0.25) is 5.91 Å². The van der Waals surface area contributed by atoms with Crippen LogP contribution in [-0.2, 0) is 11.2 Å². The first-order valence-electron chi connectivity index (χ1n) is 7.45. The van der Waals surface area contributed by atoms with E-state index in [0.29, 0.717) is 25.3 Å². The van der Waals surface area contributed by atoms with Crippen LogP contribution < -0.4 is 4.74 Å². The lowest BCUT2D eigenvalue weighted by Gasteiger charge is -2.29. The van der Waals surface area contributed by atoms with Gasteiger partial charge in [-0.3, -0.25) is 4.79 Å². The van der Waals surface area contributed by atoms with Crippen LogP contribution in [0.25, 0.3) is 0 Å². The number of carbonyl (C=O) groups is 1. The average Bonchev–Trinajstić information content (AvgIpc) is 3.33. The van der Waals surface area contributed by atoms with Gasteiger partial charge in [0, 0.05) is 12.6 Å². The third-order valence-corrected chi connectivity index (χ3v) is 4.10. The highest BCUT2D eigenvalue weighted by molar-refractivity contribution is 5.79. The zero-order valence-corrected chi connectivity index (χ0v) is 12.7. The van der Waals surface area contributed by atoms with E-state index < -0.39 is 0 Å². The van der Waals surface area contributed by atoms with Crippen LogP contribution >= 0.6 is 0 Å². The van der Waals surface area contributed by atoms with Gasteiger partial charge in [-0.1, -0.05) is 12.1 Å². The number of nitriles is 1. The summed E-state index contributed by atoms with van der Waals surface area (Å²) in [5, 5.41) is 8.78. The Morgan fingerprint density at radius 3 is 2.62 bits per heavy atom. The molecule has 1 amide bonds. The molecular formula is C17H22N2O2. The minimum Gasteiger partial charge on any atom is -0.497 e. The van der Waals surface area contributed by atoms with Crippen LogP contribution in [0, 0.1) is 17.2 Å². The van der Waals surface area contributed by atoms with Crippen molar-refractivity contribution in [1.29, 1.82) is 5.26 Å². The third kappa shape index (κ3) is 4.22. The molecule has 2 rings (SSSR count). The molecule has 1 aliphatic carbocycles. The van der Waals surface area contributed by atoms with Crippen LogP contribution in [0.5, 0.6) is 5.75 Å². The van der Waals surface area contributed by atoms with Crippen LogP contribution in [0.2, 0.25) is 0 Å². The Bertz CT molecular complexity index is 515. The van der Waals surface area contributed by atoms with Gasteiger partial charge in [0.25, 0.3) is 0 Å². The van der Waals surface area contributed by atoms with E-state index in [-0.39, 0.29) is 11.9 Å². The van der Waals surface area contributed by atoms with Gasteiger partial charge in [-0.05, 0) is 43.4 Å². The predicted octanol–water partition coefficient (Wildman–Crippen LogP) is 2.78. The maximum atomic E-state index is 12.5. The Labute approximate surface area is 126 Å². The van der Waals surface area contributed by atoms with Crippen molar-refractivity contribution < 1.29 is 9.53 Å². The van der Waals surface area contributed by atoms with Gasteiger partial charge < -0.3 is 9.64 Å². The largest absolute Gasteiger partial charge is 0.497 e. The van der Waals surface area contributed by atoms with Crippen LogP contribution in [0.3, 0.4) is 0 Å². The first-order chi connectivity index (χ1) is 10.2. The molecule has 1 aromatic rings. The Morgan fingerprint density at radius 1 is 1.43 bits per heavy atom. The predicted molar refractivity (Wildman–Crippen MR) is 80.8 cm³/mol. The molecule has 0 N–H and O–H groups in total. The second kappa shape index (κ2) is 7.12.